The zero-order valence-corrected chi connectivity index (χ0v) is 11.0. The molecule has 100 valence electrons. The molecule has 1 aliphatic rings. The number of nitrogens with two attached hydrogens (primary N) is 1. The number of aromatic nitrogens is 3. The highest BCUT2D eigenvalue weighted by molar-refractivity contribution is 5.92. The second-order valence-electron chi connectivity index (χ2n) is 5.11. The molecule has 18 heavy (non-hydrogen) atoms. The quantitative estimate of drug-likeness (QED) is 0.845. The van der Waals surface area contributed by atoms with Crippen LogP contribution in [0, 0.1) is 5.92 Å². The topological polar surface area (TPSA) is 77.0 Å². The molecule has 1 aromatic heterocycles. The number of carbonyl (C=O) groups excluding carboxylic acids is 1. The van der Waals surface area contributed by atoms with Crippen LogP contribution in [0.25, 0.3) is 0 Å². The van der Waals surface area contributed by atoms with E-state index in [9.17, 15) is 4.79 Å². The summed E-state index contributed by atoms with van der Waals surface area (Å²) in [6.07, 6.45) is 3.84. The maximum Gasteiger partial charge on any atom is 0.276 e. The number of likely N-dealkylation sites (tertiary alicyclic amines) is 1. The maximum atomic E-state index is 12.4. The summed E-state index contributed by atoms with van der Waals surface area (Å²) in [5.74, 6) is 0.477. The summed E-state index contributed by atoms with van der Waals surface area (Å²) in [5.41, 5.74) is 5.87. The molecule has 0 bridgehead atoms. The van der Waals surface area contributed by atoms with Crippen molar-refractivity contribution >= 4 is 5.91 Å². The lowest BCUT2D eigenvalue weighted by atomic mass is 10.0. The van der Waals surface area contributed by atoms with Crippen molar-refractivity contribution < 1.29 is 4.79 Å². The van der Waals surface area contributed by atoms with Gasteiger partial charge in [-0.2, -0.15) is 0 Å². The molecular formula is C12H21N5O. The van der Waals surface area contributed by atoms with E-state index in [0.29, 0.717) is 30.7 Å². The van der Waals surface area contributed by atoms with E-state index in [-0.39, 0.29) is 5.91 Å². The molecule has 0 spiro atoms. The number of nitrogens with zero attached hydrogens (tertiary/aromatic N) is 4. The Morgan fingerprint density at radius 1 is 1.61 bits per heavy atom. The van der Waals surface area contributed by atoms with E-state index in [1.807, 2.05) is 4.90 Å². The lowest BCUT2D eigenvalue weighted by Crippen LogP contribution is -2.38. The normalized spacial score (nSPS) is 19.8. The van der Waals surface area contributed by atoms with Crippen LogP contribution >= 0.6 is 0 Å². The van der Waals surface area contributed by atoms with Gasteiger partial charge in [-0.1, -0.05) is 19.1 Å². The van der Waals surface area contributed by atoms with Crippen LogP contribution in [-0.2, 0) is 6.54 Å². The van der Waals surface area contributed by atoms with Crippen LogP contribution in [0.15, 0.2) is 6.20 Å². The Morgan fingerprint density at radius 3 is 3.06 bits per heavy atom. The number of carbonyl (C=O) groups is 1. The van der Waals surface area contributed by atoms with Crippen LogP contribution in [0.2, 0.25) is 0 Å². The van der Waals surface area contributed by atoms with Gasteiger partial charge in [0.15, 0.2) is 5.69 Å². The average Bonchev–Trinajstić information content (AvgIpc) is 2.96. The molecule has 0 radical (unpaired) electrons. The number of amides is 1. The van der Waals surface area contributed by atoms with Crippen molar-refractivity contribution in [1.29, 1.82) is 0 Å². The third kappa shape index (κ3) is 2.53. The minimum absolute atomic E-state index is 0.00512. The molecule has 0 aliphatic carbocycles. The predicted octanol–water partition coefficient (Wildman–Crippen LogP) is 0.497. The molecule has 1 saturated heterocycles. The Labute approximate surface area is 107 Å². The van der Waals surface area contributed by atoms with Crippen LogP contribution in [-0.4, -0.2) is 44.9 Å². The van der Waals surface area contributed by atoms with Gasteiger partial charge in [0.1, 0.15) is 0 Å². The predicted molar refractivity (Wildman–Crippen MR) is 68.0 cm³/mol. The van der Waals surface area contributed by atoms with Crippen LogP contribution in [0.1, 0.15) is 37.2 Å². The second-order valence-corrected chi connectivity index (χ2v) is 5.11. The number of hydrogen-bond acceptors (Lipinski definition) is 4. The van der Waals surface area contributed by atoms with E-state index < -0.39 is 0 Å². The minimum Gasteiger partial charge on any atom is -0.334 e. The van der Waals surface area contributed by atoms with E-state index in [4.69, 9.17) is 5.73 Å². The fraction of sp³-hybridized carbons (Fsp3) is 0.750. The second kappa shape index (κ2) is 5.48. The number of hydrogen-bond donors (Lipinski definition) is 1. The molecule has 1 atom stereocenters. The van der Waals surface area contributed by atoms with Gasteiger partial charge < -0.3 is 10.6 Å². The fourth-order valence-corrected chi connectivity index (χ4v) is 2.52. The standard InChI is InChI=1S/C12H21N5O/c1-9(2)11-4-3-6-17(11)12(18)10-8-16(7-5-13)15-14-10/h8-9,11H,3-7,13H2,1-2H3. The molecule has 1 fully saturated rings. The maximum absolute atomic E-state index is 12.4. The first kappa shape index (κ1) is 13.0. The summed E-state index contributed by atoms with van der Waals surface area (Å²) in [4.78, 5) is 14.3. The van der Waals surface area contributed by atoms with Gasteiger partial charge in [-0.15, -0.1) is 5.10 Å². The SMILES string of the molecule is CC(C)C1CCCN1C(=O)c1cn(CCN)nn1. The van der Waals surface area contributed by atoms with Crippen LogP contribution in [0.5, 0.6) is 0 Å². The molecule has 2 heterocycles. The summed E-state index contributed by atoms with van der Waals surface area (Å²) in [7, 11) is 0. The van der Waals surface area contributed by atoms with Crippen molar-refractivity contribution in [2.75, 3.05) is 13.1 Å². The first-order chi connectivity index (χ1) is 8.63. The minimum atomic E-state index is -0.00512. The summed E-state index contributed by atoms with van der Waals surface area (Å²) in [6, 6.07) is 0.331. The molecule has 0 saturated carbocycles. The lowest BCUT2D eigenvalue weighted by Gasteiger charge is -2.26. The Hall–Kier alpha value is -1.43. The highest BCUT2D eigenvalue weighted by Gasteiger charge is 2.32. The van der Waals surface area contributed by atoms with E-state index in [0.717, 1.165) is 19.4 Å². The zero-order valence-electron chi connectivity index (χ0n) is 11.0. The van der Waals surface area contributed by atoms with Gasteiger partial charge in [0, 0.05) is 19.1 Å². The molecule has 1 amide bonds. The Bertz CT molecular complexity index is 414. The fourth-order valence-electron chi connectivity index (χ4n) is 2.52. The monoisotopic (exact) mass is 251 g/mol. The van der Waals surface area contributed by atoms with Crippen molar-refractivity contribution in [3.63, 3.8) is 0 Å². The van der Waals surface area contributed by atoms with Gasteiger partial charge in [0.05, 0.1) is 12.7 Å². The zero-order chi connectivity index (χ0) is 13.1. The molecule has 2 rings (SSSR count). The van der Waals surface area contributed by atoms with Gasteiger partial charge >= 0.3 is 0 Å². The van der Waals surface area contributed by atoms with Crippen molar-refractivity contribution in [1.82, 2.24) is 19.9 Å². The molecule has 2 N–H and O–H groups in total. The number of rotatable bonds is 4. The summed E-state index contributed by atoms with van der Waals surface area (Å²) in [5, 5.41) is 7.85. The molecule has 1 aliphatic heterocycles. The van der Waals surface area contributed by atoms with Crippen molar-refractivity contribution in [2.24, 2.45) is 11.7 Å². The van der Waals surface area contributed by atoms with Gasteiger partial charge in [0.25, 0.3) is 5.91 Å². The highest BCUT2D eigenvalue weighted by Crippen LogP contribution is 2.24. The third-order valence-electron chi connectivity index (χ3n) is 3.45. The van der Waals surface area contributed by atoms with Crippen molar-refractivity contribution in [2.45, 2.75) is 39.3 Å². The van der Waals surface area contributed by atoms with E-state index >= 15 is 0 Å². The molecule has 1 aromatic rings. The highest BCUT2D eigenvalue weighted by atomic mass is 16.2. The largest absolute Gasteiger partial charge is 0.334 e. The van der Waals surface area contributed by atoms with Gasteiger partial charge in [-0.3, -0.25) is 9.48 Å². The van der Waals surface area contributed by atoms with Gasteiger partial charge in [-0.25, -0.2) is 0 Å². The van der Waals surface area contributed by atoms with Crippen LogP contribution < -0.4 is 5.73 Å². The Balaban J connectivity index is 2.10. The van der Waals surface area contributed by atoms with Crippen LogP contribution in [0.4, 0.5) is 0 Å². The van der Waals surface area contributed by atoms with Gasteiger partial charge in [0.2, 0.25) is 0 Å². The third-order valence-corrected chi connectivity index (χ3v) is 3.45. The molecule has 6 heteroatoms. The van der Waals surface area contributed by atoms with Crippen LogP contribution in [0.3, 0.4) is 0 Å². The first-order valence-corrected chi connectivity index (χ1v) is 6.54. The van der Waals surface area contributed by atoms with E-state index in [2.05, 4.69) is 24.2 Å². The summed E-state index contributed by atoms with van der Waals surface area (Å²) < 4.78 is 1.62. The van der Waals surface area contributed by atoms with Crippen molar-refractivity contribution in [3.05, 3.63) is 11.9 Å². The smallest absolute Gasteiger partial charge is 0.276 e. The van der Waals surface area contributed by atoms with Crippen molar-refractivity contribution in [3.8, 4) is 0 Å². The first-order valence-electron chi connectivity index (χ1n) is 6.54. The molecule has 6 nitrogen and oxygen atoms in total. The lowest BCUT2D eigenvalue weighted by molar-refractivity contribution is 0.0695. The summed E-state index contributed by atoms with van der Waals surface area (Å²) >= 11 is 0. The van der Waals surface area contributed by atoms with E-state index in [1.165, 1.54) is 0 Å². The Kier molecular flexibility index (Phi) is 3.96. The average molecular weight is 251 g/mol. The Morgan fingerprint density at radius 2 is 2.39 bits per heavy atom. The summed E-state index contributed by atoms with van der Waals surface area (Å²) in [6.45, 7) is 6.22. The molecular weight excluding hydrogens is 230 g/mol. The molecule has 1 unspecified atom stereocenters. The van der Waals surface area contributed by atoms with Gasteiger partial charge in [-0.05, 0) is 18.8 Å². The van der Waals surface area contributed by atoms with E-state index in [1.54, 1.807) is 10.9 Å². The molecule has 0 aromatic carbocycles.